The van der Waals surface area contributed by atoms with Gasteiger partial charge in [0, 0.05) is 85.9 Å². The Labute approximate surface area is 554 Å². The molecular weight excluding hydrogens is 1140 g/mol. The average Bonchev–Trinajstić information content (AvgIpc) is 0.881. The van der Waals surface area contributed by atoms with Gasteiger partial charge in [-0.05, 0) is 212 Å². The van der Waals surface area contributed by atoms with Gasteiger partial charge in [-0.3, -0.25) is 0 Å². The predicted octanol–water partition coefficient (Wildman–Crippen LogP) is 22.6. The maximum Gasteiger partial charge on any atom is 0.252 e. The van der Waals surface area contributed by atoms with E-state index in [0.717, 1.165) is 51.2 Å². The van der Waals surface area contributed by atoms with Crippen molar-refractivity contribution in [1.29, 1.82) is 0 Å². The van der Waals surface area contributed by atoms with Gasteiger partial charge in [0.1, 0.15) is 0 Å². The molecule has 16 rings (SSSR count). The van der Waals surface area contributed by atoms with Crippen molar-refractivity contribution in [3.8, 4) is 0 Å². The van der Waals surface area contributed by atoms with Gasteiger partial charge in [0.25, 0.3) is 6.71 Å². The van der Waals surface area contributed by atoms with E-state index in [4.69, 9.17) is 0 Å². The number of benzene rings is 13. The Morgan fingerprint density at radius 3 is 1.29 bits per heavy atom. The molecule has 0 saturated heterocycles. The molecule has 13 aromatic carbocycles. The smallest absolute Gasteiger partial charge is 0.252 e. The fourth-order valence-electron chi connectivity index (χ4n) is 15.3. The zero-order chi connectivity index (χ0) is 64.9. The number of aromatic nitrogens is 1. The summed E-state index contributed by atoms with van der Waals surface area (Å²) in [6, 6.07) is 95.4. The first-order valence-electron chi connectivity index (χ1n) is 33.5. The molecule has 0 radical (unpaired) electrons. The highest BCUT2D eigenvalue weighted by molar-refractivity contribution is 7.00. The Morgan fingerprint density at radius 1 is 0.298 bits per heavy atom. The number of anilines is 12. The van der Waals surface area contributed by atoms with Crippen LogP contribution in [0.4, 0.5) is 68.2 Å². The van der Waals surface area contributed by atoms with Crippen molar-refractivity contribution in [1.82, 2.24) is 4.57 Å². The van der Waals surface area contributed by atoms with Gasteiger partial charge in [0.05, 0.1) is 11.2 Å². The van der Waals surface area contributed by atoms with Crippen molar-refractivity contribution in [3.63, 3.8) is 0 Å². The summed E-state index contributed by atoms with van der Waals surface area (Å²) in [6.07, 6.45) is 0. The lowest BCUT2D eigenvalue weighted by Gasteiger charge is -2.46. The zero-order valence-corrected chi connectivity index (χ0v) is 56.5. The minimum absolute atomic E-state index is 0.0427. The number of aryl methyl sites for hydroxylation is 4. The second kappa shape index (κ2) is 21.6. The zero-order valence-electron chi connectivity index (χ0n) is 56.5. The first-order chi connectivity index (χ1) is 45.2. The molecule has 1 aromatic heterocycles. The normalized spacial score (nSPS) is 13.1. The topological polar surface area (TPSA) is 17.9 Å². The highest BCUT2D eigenvalue weighted by Crippen LogP contribution is 2.52. The summed E-state index contributed by atoms with van der Waals surface area (Å²) in [7, 11) is 2.27. The van der Waals surface area contributed by atoms with Crippen molar-refractivity contribution in [2.24, 2.45) is 7.05 Å². The lowest BCUT2D eigenvalue weighted by atomic mass is 9.33. The molecule has 0 spiro atoms. The van der Waals surface area contributed by atoms with Gasteiger partial charge in [-0.25, -0.2) is 0 Å². The Hall–Kier alpha value is -10.3. The lowest BCUT2D eigenvalue weighted by molar-refractivity contribution is 0.590. The molecule has 2 aliphatic rings. The summed E-state index contributed by atoms with van der Waals surface area (Å²) in [6.45, 7) is 27.6. The highest BCUT2D eigenvalue weighted by atomic mass is 15.2. The van der Waals surface area contributed by atoms with E-state index in [9.17, 15) is 0 Å². The fraction of sp³-hybridized carbons (Fsp3) is 0.182. The van der Waals surface area contributed by atoms with Crippen LogP contribution >= 0.6 is 0 Å². The lowest BCUT2D eigenvalue weighted by Crippen LogP contribution is -2.61. The molecule has 0 saturated carbocycles. The Kier molecular flexibility index (Phi) is 13.5. The molecule has 0 aliphatic carbocycles. The van der Waals surface area contributed by atoms with E-state index in [1.54, 1.807) is 0 Å². The molecule has 94 heavy (non-hydrogen) atoms. The van der Waals surface area contributed by atoms with Crippen LogP contribution in [0, 0.1) is 20.8 Å². The standard InChI is InChI=1S/C88H80BN5/c1-55-26-35-61(36-27-55)91(62-37-28-56(2)29-38-62)67-52-75-73-24-18-19-25-78(73)90(13)85(75)83(54-67)94-79-47-34-59(87(7,8)9)48-77(79)89-76-46-44-66(53-80(76)93(64-41-32-58(33-42-64)86(4,5)6)81-49-60(88(10,11)12)50-82(94)84(81)89)92(63-39-30-57(3)31-40-63)65-43-45-72-70-22-15-14-20-68(70)69-21-16-17-23-71(69)74(72)51-65/h14-54H,1-13H3. The molecular formula is C88H80BN5. The van der Waals surface area contributed by atoms with E-state index in [2.05, 4.69) is 363 Å². The van der Waals surface area contributed by atoms with Gasteiger partial charge >= 0.3 is 0 Å². The molecule has 460 valence electrons. The molecule has 0 amide bonds. The second-order valence-corrected chi connectivity index (χ2v) is 29.8. The van der Waals surface area contributed by atoms with E-state index in [-0.39, 0.29) is 23.0 Å². The minimum Gasteiger partial charge on any atom is -0.342 e. The monoisotopic (exact) mass is 1220 g/mol. The number of para-hydroxylation sites is 1. The van der Waals surface area contributed by atoms with Crippen molar-refractivity contribution in [2.75, 3.05) is 19.6 Å². The summed E-state index contributed by atoms with van der Waals surface area (Å²) in [4.78, 5) is 10.2. The molecule has 14 aromatic rings. The number of nitrogens with zero attached hydrogens (tertiary/aromatic N) is 5. The van der Waals surface area contributed by atoms with Crippen LogP contribution in [0.3, 0.4) is 0 Å². The van der Waals surface area contributed by atoms with Crippen molar-refractivity contribution >= 4 is 145 Å². The molecule has 5 nitrogen and oxygen atoms in total. The molecule has 3 heterocycles. The first kappa shape index (κ1) is 58.8. The molecule has 0 N–H and O–H groups in total. The Morgan fingerprint density at radius 2 is 0.734 bits per heavy atom. The van der Waals surface area contributed by atoms with E-state index < -0.39 is 0 Å². The van der Waals surface area contributed by atoms with Crippen LogP contribution in [0.2, 0.25) is 0 Å². The SMILES string of the molecule is Cc1ccc(N(c2ccc3c(c2)N(c2ccc(C(C)(C)C)cc2)c2cc(C(C)(C)C)cc4c2B3c2cc(C(C)(C)C)ccc2N4c2cc(N(c3ccc(C)cc3)c3ccc(C)cc3)cc3c4ccccc4n(C)c23)c2ccc3c4ccccc4c4ccccc4c3c2)cc1. The average molecular weight is 1220 g/mol. The van der Waals surface area contributed by atoms with Gasteiger partial charge in [-0.1, -0.05) is 219 Å². The highest BCUT2D eigenvalue weighted by Gasteiger charge is 2.46. The Balaban J connectivity index is 1.00. The number of rotatable bonds is 8. The van der Waals surface area contributed by atoms with Crippen LogP contribution in [0.1, 0.15) is 95.7 Å². The van der Waals surface area contributed by atoms with Crippen molar-refractivity contribution in [2.45, 2.75) is 99.3 Å². The Bertz CT molecular complexity index is 5280. The van der Waals surface area contributed by atoms with Gasteiger partial charge in [0.2, 0.25) is 0 Å². The van der Waals surface area contributed by atoms with Crippen LogP contribution in [0.15, 0.2) is 249 Å². The quantitative estimate of drug-likeness (QED) is 0.111. The van der Waals surface area contributed by atoms with Crippen LogP contribution in [-0.2, 0) is 23.3 Å². The number of hydrogen-bond acceptors (Lipinski definition) is 4. The van der Waals surface area contributed by atoms with Crippen LogP contribution < -0.4 is 36.0 Å². The third-order valence-corrected chi connectivity index (χ3v) is 20.4. The third-order valence-electron chi connectivity index (χ3n) is 20.4. The van der Waals surface area contributed by atoms with Crippen molar-refractivity contribution in [3.05, 3.63) is 282 Å². The molecule has 6 heteroatoms. The molecule has 2 aliphatic heterocycles. The summed E-state index contributed by atoms with van der Waals surface area (Å²) in [5.41, 5.74) is 26.9. The van der Waals surface area contributed by atoms with E-state index in [0.29, 0.717) is 0 Å². The summed E-state index contributed by atoms with van der Waals surface area (Å²) in [5, 5.41) is 9.97. The maximum absolute atomic E-state index is 2.67. The second-order valence-electron chi connectivity index (χ2n) is 29.8. The van der Waals surface area contributed by atoms with Crippen LogP contribution in [0.5, 0.6) is 0 Å². The van der Waals surface area contributed by atoms with Crippen molar-refractivity contribution < 1.29 is 0 Å². The van der Waals surface area contributed by atoms with E-state index in [1.165, 1.54) is 121 Å². The number of hydrogen-bond donors (Lipinski definition) is 0. The van der Waals surface area contributed by atoms with Crippen LogP contribution in [-0.4, -0.2) is 11.3 Å². The van der Waals surface area contributed by atoms with Crippen LogP contribution in [0.25, 0.3) is 54.1 Å². The minimum atomic E-state index is -0.245. The third kappa shape index (κ3) is 9.58. The fourth-order valence-corrected chi connectivity index (χ4v) is 15.3. The molecule has 0 bridgehead atoms. The molecule has 0 unspecified atom stereocenters. The number of fused-ring (bicyclic) bond motifs is 13. The molecule has 0 fully saturated rings. The van der Waals surface area contributed by atoms with E-state index >= 15 is 0 Å². The summed E-state index contributed by atoms with van der Waals surface area (Å²) >= 11 is 0. The first-order valence-corrected chi connectivity index (χ1v) is 33.5. The van der Waals surface area contributed by atoms with Gasteiger partial charge < -0.3 is 24.2 Å². The maximum atomic E-state index is 2.67. The van der Waals surface area contributed by atoms with Gasteiger partial charge in [-0.2, -0.15) is 0 Å². The largest absolute Gasteiger partial charge is 0.342 e. The predicted molar refractivity (Wildman–Crippen MR) is 407 cm³/mol. The van der Waals surface area contributed by atoms with E-state index in [1.807, 2.05) is 0 Å². The summed E-state index contributed by atoms with van der Waals surface area (Å²) < 4.78 is 2.45. The van der Waals surface area contributed by atoms with Gasteiger partial charge in [-0.15, -0.1) is 0 Å². The summed E-state index contributed by atoms with van der Waals surface area (Å²) in [5.74, 6) is 0. The molecule has 0 atom stereocenters. The van der Waals surface area contributed by atoms with Gasteiger partial charge in [0.15, 0.2) is 0 Å².